The zero-order valence-electron chi connectivity index (χ0n) is 9.07. The average molecular weight is 279 g/mol. The normalized spacial score (nSPS) is 10.4. The quantitative estimate of drug-likeness (QED) is 0.792. The van der Waals surface area contributed by atoms with Crippen molar-refractivity contribution in [1.82, 2.24) is 9.55 Å². The van der Waals surface area contributed by atoms with Crippen molar-refractivity contribution in [1.29, 1.82) is 0 Å². The van der Waals surface area contributed by atoms with Crippen molar-refractivity contribution in [3.63, 3.8) is 0 Å². The Labute approximate surface area is 102 Å². The van der Waals surface area contributed by atoms with Crippen LogP contribution in [0.4, 0.5) is 0 Å². The molecule has 0 fully saturated rings. The monoisotopic (exact) mass is 278 g/mol. The van der Waals surface area contributed by atoms with Gasteiger partial charge in [0.05, 0.1) is 12.0 Å². The number of aromatic nitrogens is 2. The van der Waals surface area contributed by atoms with Gasteiger partial charge in [0.1, 0.15) is 5.69 Å². The van der Waals surface area contributed by atoms with Crippen molar-refractivity contribution < 1.29 is 4.79 Å². The number of rotatable bonds is 2. The minimum Gasteiger partial charge on any atom is -0.333 e. The number of benzene rings is 1. The van der Waals surface area contributed by atoms with Crippen molar-refractivity contribution in [2.45, 2.75) is 6.92 Å². The van der Waals surface area contributed by atoms with Gasteiger partial charge in [0.15, 0.2) is 6.29 Å². The van der Waals surface area contributed by atoms with E-state index < -0.39 is 0 Å². The van der Waals surface area contributed by atoms with Crippen molar-refractivity contribution >= 4 is 22.2 Å². The van der Waals surface area contributed by atoms with Crippen molar-refractivity contribution in [3.05, 3.63) is 40.3 Å². The number of hydrogen-bond donors (Lipinski definition) is 0. The summed E-state index contributed by atoms with van der Waals surface area (Å²) in [4.78, 5) is 15.0. The van der Waals surface area contributed by atoms with Crippen LogP contribution in [0.3, 0.4) is 0 Å². The van der Waals surface area contributed by atoms with Gasteiger partial charge in [-0.15, -0.1) is 0 Å². The lowest BCUT2D eigenvalue weighted by atomic mass is 10.0. The molecule has 3 nitrogen and oxygen atoms in total. The molecule has 0 aliphatic carbocycles. The van der Waals surface area contributed by atoms with Gasteiger partial charge < -0.3 is 4.57 Å². The maximum atomic E-state index is 10.9. The van der Waals surface area contributed by atoms with E-state index in [2.05, 4.69) is 20.9 Å². The molecule has 82 valence electrons. The van der Waals surface area contributed by atoms with Crippen LogP contribution in [0.5, 0.6) is 0 Å². The van der Waals surface area contributed by atoms with E-state index in [0.29, 0.717) is 5.69 Å². The van der Waals surface area contributed by atoms with E-state index in [1.807, 2.05) is 36.7 Å². The number of aryl methyl sites for hydroxylation is 2. The van der Waals surface area contributed by atoms with Crippen LogP contribution < -0.4 is 0 Å². The van der Waals surface area contributed by atoms with Crippen LogP contribution in [-0.4, -0.2) is 15.8 Å². The standard InChI is InChI=1S/C12H11BrN2O/c1-8-3-4-9(13)5-10(8)12-11(6-16)14-7-15(12)2/h3-7H,1-2H3. The highest BCUT2D eigenvalue weighted by atomic mass is 79.9. The number of halogens is 1. The van der Waals surface area contributed by atoms with E-state index in [1.54, 1.807) is 6.33 Å². The Balaban J connectivity index is 2.70. The first-order chi connectivity index (χ1) is 7.63. The molecular weight excluding hydrogens is 268 g/mol. The third kappa shape index (κ3) is 1.80. The number of hydrogen-bond acceptors (Lipinski definition) is 2. The van der Waals surface area contributed by atoms with Crippen LogP contribution in [-0.2, 0) is 7.05 Å². The predicted molar refractivity (Wildman–Crippen MR) is 66.5 cm³/mol. The average Bonchev–Trinajstić information content (AvgIpc) is 2.63. The largest absolute Gasteiger partial charge is 0.333 e. The topological polar surface area (TPSA) is 34.9 Å². The number of carbonyl (C=O) groups excluding carboxylic acids is 1. The maximum absolute atomic E-state index is 10.9. The summed E-state index contributed by atoms with van der Waals surface area (Å²) in [7, 11) is 1.88. The Bertz CT molecular complexity index is 546. The summed E-state index contributed by atoms with van der Waals surface area (Å²) >= 11 is 3.43. The van der Waals surface area contributed by atoms with Gasteiger partial charge in [-0.05, 0) is 24.6 Å². The lowest BCUT2D eigenvalue weighted by Gasteiger charge is -2.08. The highest BCUT2D eigenvalue weighted by Crippen LogP contribution is 2.28. The molecule has 1 aromatic carbocycles. The zero-order valence-corrected chi connectivity index (χ0v) is 10.7. The SMILES string of the molecule is Cc1ccc(Br)cc1-c1c(C=O)ncn1C. The Morgan fingerprint density at radius 3 is 2.88 bits per heavy atom. The molecule has 4 heteroatoms. The molecule has 16 heavy (non-hydrogen) atoms. The van der Waals surface area contributed by atoms with E-state index >= 15 is 0 Å². The second kappa shape index (κ2) is 4.22. The maximum Gasteiger partial charge on any atom is 0.170 e. The van der Waals surface area contributed by atoms with E-state index in [4.69, 9.17) is 0 Å². The number of imidazole rings is 1. The summed E-state index contributed by atoms with van der Waals surface area (Å²) in [6.45, 7) is 2.02. The Morgan fingerprint density at radius 1 is 1.44 bits per heavy atom. The van der Waals surface area contributed by atoms with Crippen molar-refractivity contribution in [2.24, 2.45) is 7.05 Å². The molecule has 2 aromatic rings. The fraction of sp³-hybridized carbons (Fsp3) is 0.167. The Kier molecular flexibility index (Phi) is 2.92. The Morgan fingerprint density at radius 2 is 2.19 bits per heavy atom. The van der Waals surface area contributed by atoms with Crippen molar-refractivity contribution in [2.75, 3.05) is 0 Å². The summed E-state index contributed by atoms with van der Waals surface area (Å²) in [6.07, 6.45) is 2.44. The van der Waals surface area contributed by atoms with Gasteiger partial charge in [-0.1, -0.05) is 22.0 Å². The molecule has 1 heterocycles. The second-order valence-corrected chi connectivity index (χ2v) is 4.58. The van der Waals surface area contributed by atoms with Crippen LogP contribution in [0.25, 0.3) is 11.3 Å². The van der Waals surface area contributed by atoms with E-state index in [1.165, 1.54) is 0 Å². The second-order valence-electron chi connectivity index (χ2n) is 3.67. The first-order valence-electron chi connectivity index (χ1n) is 4.86. The third-order valence-electron chi connectivity index (χ3n) is 2.53. The smallest absolute Gasteiger partial charge is 0.170 e. The highest BCUT2D eigenvalue weighted by molar-refractivity contribution is 9.10. The molecule has 0 radical (unpaired) electrons. The van der Waals surface area contributed by atoms with Crippen LogP contribution in [0.2, 0.25) is 0 Å². The van der Waals surface area contributed by atoms with Gasteiger partial charge >= 0.3 is 0 Å². The molecule has 0 atom stereocenters. The summed E-state index contributed by atoms with van der Waals surface area (Å²) in [5, 5.41) is 0. The zero-order chi connectivity index (χ0) is 11.7. The first kappa shape index (κ1) is 11.1. The van der Waals surface area contributed by atoms with Gasteiger partial charge in [-0.3, -0.25) is 4.79 Å². The molecule has 0 spiro atoms. The Hall–Kier alpha value is -1.42. The van der Waals surface area contributed by atoms with Gasteiger partial charge in [0.25, 0.3) is 0 Å². The molecule has 2 rings (SSSR count). The summed E-state index contributed by atoms with van der Waals surface area (Å²) in [5.41, 5.74) is 3.48. The van der Waals surface area contributed by atoms with E-state index in [0.717, 1.165) is 27.6 Å². The molecular formula is C12H11BrN2O. The molecule has 0 N–H and O–H groups in total. The molecule has 0 bridgehead atoms. The highest BCUT2D eigenvalue weighted by Gasteiger charge is 2.12. The third-order valence-corrected chi connectivity index (χ3v) is 3.02. The van der Waals surface area contributed by atoms with Crippen molar-refractivity contribution in [3.8, 4) is 11.3 Å². The van der Waals surface area contributed by atoms with Gasteiger partial charge in [-0.2, -0.15) is 0 Å². The van der Waals surface area contributed by atoms with E-state index in [-0.39, 0.29) is 0 Å². The summed E-state index contributed by atoms with van der Waals surface area (Å²) in [6, 6.07) is 6.00. The summed E-state index contributed by atoms with van der Waals surface area (Å²) < 4.78 is 2.85. The predicted octanol–water partition coefficient (Wildman–Crippen LogP) is 2.97. The number of nitrogens with zero attached hydrogens (tertiary/aromatic N) is 2. The van der Waals surface area contributed by atoms with Gasteiger partial charge in [0, 0.05) is 17.1 Å². The molecule has 0 aliphatic rings. The van der Waals surface area contributed by atoms with Crippen LogP contribution in [0, 0.1) is 6.92 Å². The van der Waals surface area contributed by atoms with Crippen LogP contribution in [0.15, 0.2) is 29.0 Å². The molecule has 0 amide bonds. The minimum absolute atomic E-state index is 0.476. The molecule has 1 aromatic heterocycles. The first-order valence-corrected chi connectivity index (χ1v) is 5.66. The van der Waals surface area contributed by atoms with Crippen LogP contribution in [0.1, 0.15) is 16.1 Å². The fourth-order valence-corrected chi connectivity index (χ4v) is 2.07. The van der Waals surface area contributed by atoms with Crippen LogP contribution >= 0.6 is 15.9 Å². The lowest BCUT2D eigenvalue weighted by Crippen LogP contribution is -1.95. The molecule has 0 aliphatic heterocycles. The molecule has 0 saturated carbocycles. The number of aldehydes is 1. The lowest BCUT2D eigenvalue weighted by molar-refractivity contribution is 0.112. The van der Waals surface area contributed by atoms with Gasteiger partial charge in [0.2, 0.25) is 0 Å². The summed E-state index contributed by atoms with van der Waals surface area (Å²) in [5.74, 6) is 0. The number of carbonyl (C=O) groups is 1. The fourth-order valence-electron chi connectivity index (χ4n) is 1.71. The van der Waals surface area contributed by atoms with Gasteiger partial charge in [-0.25, -0.2) is 4.98 Å². The van der Waals surface area contributed by atoms with E-state index in [9.17, 15) is 4.79 Å². The molecule has 0 saturated heterocycles. The minimum atomic E-state index is 0.476. The molecule has 0 unspecified atom stereocenters.